The fraction of sp³-hybridized carbons (Fsp3) is 0.600. The monoisotopic (exact) mass is 211 g/mol. The Morgan fingerprint density at radius 3 is 2.80 bits per heavy atom. The Bertz CT molecular complexity index is 347. The molecule has 2 aliphatic heterocycles. The molecule has 0 aromatic carbocycles. The number of aliphatic carboxylic acids is 1. The van der Waals surface area contributed by atoms with Crippen molar-refractivity contribution in [3.63, 3.8) is 0 Å². The molecular formula is C10H13NO4. The highest BCUT2D eigenvalue weighted by molar-refractivity contribution is 5.91. The van der Waals surface area contributed by atoms with E-state index in [2.05, 4.69) is 4.74 Å². The highest BCUT2D eigenvalue weighted by atomic mass is 16.5. The summed E-state index contributed by atoms with van der Waals surface area (Å²) in [5.74, 6) is -1.77. The van der Waals surface area contributed by atoms with Gasteiger partial charge < -0.3 is 14.7 Å². The third kappa shape index (κ3) is 1.48. The van der Waals surface area contributed by atoms with E-state index in [1.165, 1.54) is 7.11 Å². The van der Waals surface area contributed by atoms with Gasteiger partial charge in [0, 0.05) is 18.8 Å². The van der Waals surface area contributed by atoms with Crippen LogP contribution in [0.4, 0.5) is 0 Å². The Morgan fingerprint density at radius 2 is 2.20 bits per heavy atom. The highest BCUT2D eigenvalue weighted by Gasteiger charge is 2.40. The van der Waals surface area contributed by atoms with Crippen LogP contribution >= 0.6 is 0 Å². The van der Waals surface area contributed by atoms with Crippen molar-refractivity contribution in [3.8, 4) is 0 Å². The summed E-state index contributed by atoms with van der Waals surface area (Å²) in [6.45, 7) is 1.47. The minimum Gasteiger partial charge on any atom is -0.481 e. The lowest BCUT2D eigenvalue weighted by molar-refractivity contribution is -0.140. The first-order valence-electron chi connectivity index (χ1n) is 4.94. The molecule has 0 spiro atoms. The summed E-state index contributed by atoms with van der Waals surface area (Å²) < 4.78 is 4.65. The van der Waals surface area contributed by atoms with Crippen LogP contribution in [0, 0.1) is 5.92 Å². The van der Waals surface area contributed by atoms with Gasteiger partial charge in [0.2, 0.25) is 0 Å². The van der Waals surface area contributed by atoms with E-state index in [1.807, 2.05) is 4.90 Å². The largest absolute Gasteiger partial charge is 0.481 e. The number of carboxylic acids is 1. The van der Waals surface area contributed by atoms with Gasteiger partial charge in [0.25, 0.3) is 0 Å². The third-order valence-electron chi connectivity index (χ3n) is 3.03. The minimum absolute atomic E-state index is 0.388. The van der Waals surface area contributed by atoms with Gasteiger partial charge in [0.15, 0.2) is 0 Å². The first-order chi connectivity index (χ1) is 7.15. The molecule has 1 fully saturated rings. The van der Waals surface area contributed by atoms with Gasteiger partial charge in [-0.15, -0.1) is 0 Å². The number of ether oxygens (including phenoxy) is 1. The van der Waals surface area contributed by atoms with Crippen molar-refractivity contribution in [2.45, 2.75) is 12.8 Å². The van der Waals surface area contributed by atoms with Crippen LogP contribution in [0.1, 0.15) is 12.8 Å². The Hall–Kier alpha value is -1.52. The minimum atomic E-state index is -0.851. The van der Waals surface area contributed by atoms with Crippen LogP contribution < -0.4 is 0 Å². The third-order valence-corrected chi connectivity index (χ3v) is 3.03. The molecule has 82 valence electrons. The van der Waals surface area contributed by atoms with Crippen LogP contribution in [0.5, 0.6) is 0 Å². The molecule has 0 radical (unpaired) electrons. The number of carboxylic acid groups (broad SMARTS) is 1. The lowest BCUT2D eigenvalue weighted by Crippen LogP contribution is -2.18. The lowest BCUT2D eigenvalue weighted by Gasteiger charge is -2.13. The first kappa shape index (κ1) is 10.0. The summed E-state index contributed by atoms with van der Waals surface area (Å²) in [4.78, 5) is 24.4. The normalized spacial score (nSPS) is 24.3. The zero-order chi connectivity index (χ0) is 11.0. The summed E-state index contributed by atoms with van der Waals surface area (Å²) >= 11 is 0. The molecule has 0 aromatic rings. The van der Waals surface area contributed by atoms with Crippen molar-refractivity contribution in [2.24, 2.45) is 5.92 Å². The Balaban J connectivity index is 2.35. The standard InChI is InChI=1S/C10H13NO4/c1-15-10(14)7-3-5-11-4-2-6(8(7)11)9(12)13/h6H,2-5H2,1H3,(H,12,13). The number of rotatable bonds is 2. The maximum absolute atomic E-state index is 11.4. The SMILES string of the molecule is COC(=O)C1=C2C(C(=O)O)CCN2CC1. The van der Waals surface area contributed by atoms with E-state index in [0.29, 0.717) is 24.1 Å². The van der Waals surface area contributed by atoms with Gasteiger partial charge in [0.1, 0.15) is 0 Å². The molecule has 2 aliphatic rings. The summed E-state index contributed by atoms with van der Waals surface area (Å²) in [5, 5.41) is 9.02. The van der Waals surface area contributed by atoms with E-state index >= 15 is 0 Å². The quantitative estimate of drug-likeness (QED) is 0.662. The second-order valence-electron chi connectivity index (χ2n) is 3.77. The molecule has 0 aliphatic carbocycles. The number of methoxy groups -OCH3 is 1. The molecule has 1 N–H and O–H groups in total. The Morgan fingerprint density at radius 1 is 1.47 bits per heavy atom. The molecule has 0 saturated carbocycles. The molecule has 1 atom stereocenters. The van der Waals surface area contributed by atoms with Gasteiger partial charge in [-0.1, -0.05) is 0 Å². The number of hydrogen-bond donors (Lipinski definition) is 1. The molecule has 1 unspecified atom stereocenters. The average Bonchev–Trinajstić information content (AvgIpc) is 2.75. The molecular weight excluding hydrogens is 198 g/mol. The summed E-state index contributed by atoms with van der Waals surface area (Å²) in [7, 11) is 1.32. The van der Waals surface area contributed by atoms with E-state index in [4.69, 9.17) is 5.11 Å². The summed E-state index contributed by atoms with van der Waals surface area (Å²) in [6, 6.07) is 0. The fourth-order valence-corrected chi connectivity index (χ4v) is 2.34. The maximum Gasteiger partial charge on any atom is 0.335 e. The molecule has 15 heavy (non-hydrogen) atoms. The van der Waals surface area contributed by atoms with Crippen LogP contribution in [-0.4, -0.2) is 42.1 Å². The van der Waals surface area contributed by atoms with Crippen molar-refractivity contribution >= 4 is 11.9 Å². The second-order valence-corrected chi connectivity index (χ2v) is 3.77. The van der Waals surface area contributed by atoms with Gasteiger partial charge in [-0.3, -0.25) is 4.79 Å². The van der Waals surface area contributed by atoms with Crippen molar-refractivity contribution in [2.75, 3.05) is 20.2 Å². The smallest absolute Gasteiger partial charge is 0.335 e. The van der Waals surface area contributed by atoms with Crippen LogP contribution in [0.2, 0.25) is 0 Å². The molecule has 0 aromatic heterocycles. The van der Waals surface area contributed by atoms with E-state index in [0.717, 1.165) is 13.1 Å². The summed E-state index contributed by atoms with van der Waals surface area (Å²) in [5.41, 5.74) is 1.22. The number of nitrogens with zero attached hydrogens (tertiary/aromatic N) is 1. The number of fused-ring (bicyclic) bond motifs is 1. The fourth-order valence-electron chi connectivity index (χ4n) is 2.34. The first-order valence-corrected chi connectivity index (χ1v) is 4.94. The van der Waals surface area contributed by atoms with Gasteiger partial charge in [-0.2, -0.15) is 0 Å². The highest BCUT2D eigenvalue weighted by Crippen LogP contribution is 2.37. The molecule has 2 heterocycles. The van der Waals surface area contributed by atoms with Crippen LogP contribution in [0.15, 0.2) is 11.3 Å². The van der Waals surface area contributed by atoms with E-state index in [9.17, 15) is 9.59 Å². The van der Waals surface area contributed by atoms with Crippen molar-refractivity contribution in [1.82, 2.24) is 4.90 Å². The van der Waals surface area contributed by atoms with E-state index < -0.39 is 11.9 Å². The number of hydrogen-bond acceptors (Lipinski definition) is 4. The number of carbonyl (C=O) groups is 2. The van der Waals surface area contributed by atoms with E-state index in [1.54, 1.807) is 0 Å². The van der Waals surface area contributed by atoms with Crippen molar-refractivity contribution in [3.05, 3.63) is 11.3 Å². The van der Waals surface area contributed by atoms with Gasteiger partial charge in [-0.25, -0.2) is 4.79 Å². The Kier molecular flexibility index (Phi) is 2.38. The van der Waals surface area contributed by atoms with Gasteiger partial charge in [0.05, 0.1) is 18.6 Å². The molecule has 5 nitrogen and oxygen atoms in total. The predicted molar refractivity (Wildman–Crippen MR) is 51.0 cm³/mol. The second kappa shape index (κ2) is 3.56. The average molecular weight is 211 g/mol. The van der Waals surface area contributed by atoms with Gasteiger partial charge >= 0.3 is 11.9 Å². The zero-order valence-electron chi connectivity index (χ0n) is 8.52. The lowest BCUT2D eigenvalue weighted by atomic mass is 10.0. The predicted octanol–water partition coefficient (Wildman–Crippen LogP) is 0.224. The Labute approximate surface area is 87.3 Å². The molecule has 2 rings (SSSR count). The van der Waals surface area contributed by atoms with Gasteiger partial charge in [-0.05, 0) is 12.8 Å². The number of carbonyl (C=O) groups excluding carboxylic acids is 1. The number of esters is 1. The van der Waals surface area contributed by atoms with E-state index in [-0.39, 0.29) is 5.97 Å². The van der Waals surface area contributed by atoms with Crippen molar-refractivity contribution < 1.29 is 19.4 Å². The zero-order valence-corrected chi connectivity index (χ0v) is 8.52. The molecule has 0 bridgehead atoms. The molecule has 5 heteroatoms. The maximum atomic E-state index is 11.4. The molecule has 0 amide bonds. The topological polar surface area (TPSA) is 66.8 Å². The summed E-state index contributed by atoms with van der Waals surface area (Å²) in [6.07, 6.45) is 1.19. The molecule has 1 saturated heterocycles. The van der Waals surface area contributed by atoms with Crippen LogP contribution in [-0.2, 0) is 14.3 Å². The van der Waals surface area contributed by atoms with Crippen LogP contribution in [0.3, 0.4) is 0 Å². The van der Waals surface area contributed by atoms with Crippen molar-refractivity contribution in [1.29, 1.82) is 0 Å². The van der Waals surface area contributed by atoms with Crippen LogP contribution in [0.25, 0.3) is 0 Å².